The fourth-order valence-electron chi connectivity index (χ4n) is 1.21. The third kappa shape index (κ3) is 3.31. The number of benzene rings is 1. The quantitative estimate of drug-likeness (QED) is 0.793. The molecule has 0 bridgehead atoms. The van der Waals surface area contributed by atoms with Crippen LogP contribution in [0.15, 0.2) is 22.7 Å². The number of Topliss-reactive ketones (excluding diaryl/α,β-unsaturated/α-hetero) is 1. The van der Waals surface area contributed by atoms with Gasteiger partial charge in [-0.25, -0.2) is 0 Å². The molecule has 2 heteroatoms. The Kier molecular flexibility index (Phi) is 3.67. The van der Waals surface area contributed by atoms with E-state index >= 15 is 0 Å². The normalized spacial score (nSPS) is 10.1. The number of halogens is 1. The highest BCUT2D eigenvalue weighted by molar-refractivity contribution is 9.10. The van der Waals surface area contributed by atoms with E-state index in [9.17, 15) is 4.79 Å². The lowest BCUT2D eigenvalue weighted by Gasteiger charge is -2.03. The Bertz CT molecular complexity index is 318. The van der Waals surface area contributed by atoms with Crippen LogP contribution in [0.25, 0.3) is 0 Å². The first-order valence-electron chi connectivity index (χ1n) is 4.34. The van der Waals surface area contributed by atoms with E-state index in [-0.39, 0.29) is 5.78 Å². The van der Waals surface area contributed by atoms with Gasteiger partial charge in [-0.1, -0.05) is 33.6 Å². The van der Waals surface area contributed by atoms with Gasteiger partial charge in [0.15, 0.2) is 0 Å². The highest BCUT2D eigenvalue weighted by Gasteiger charge is 2.01. The van der Waals surface area contributed by atoms with E-state index in [1.165, 1.54) is 11.1 Å². The maximum Gasteiger partial charge on any atom is 0.130 e. The third-order valence-corrected chi connectivity index (χ3v) is 2.72. The Balaban J connectivity index is 2.75. The van der Waals surface area contributed by atoms with Crippen molar-refractivity contribution in [2.45, 2.75) is 26.7 Å². The molecule has 0 saturated carbocycles. The minimum absolute atomic E-state index is 0.244. The van der Waals surface area contributed by atoms with Gasteiger partial charge < -0.3 is 4.79 Å². The maximum atomic E-state index is 10.8. The molecule has 70 valence electrons. The van der Waals surface area contributed by atoms with E-state index in [0.717, 1.165) is 10.9 Å². The Hall–Kier alpha value is -0.630. The Morgan fingerprint density at radius 2 is 2.15 bits per heavy atom. The van der Waals surface area contributed by atoms with E-state index in [1.54, 1.807) is 6.92 Å². The molecule has 0 spiro atoms. The highest BCUT2D eigenvalue weighted by atomic mass is 79.9. The van der Waals surface area contributed by atoms with Crippen molar-refractivity contribution < 1.29 is 4.79 Å². The van der Waals surface area contributed by atoms with Crippen molar-refractivity contribution in [2.24, 2.45) is 0 Å². The van der Waals surface area contributed by atoms with Crippen molar-refractivity contribution in [3.63, 3.8) is 0 Å². The Morgan fingerprint density at radius 1 is 1.46 bits per heavy atom. The van der Waals surface area contributed by atoms with Crippen molar-refractivity contribution in [2.75, 3.05) is 0 Å². The molecule has 0 aliphatic rings. The van der Waals surface area contributed by atoms with Crippen LogP contribution in [-0.4, -0.2) is 5.78 Å². The summed E-state index contributed by atoms with van der Waals surface area (Å²) in [5.74, 6) is 0.244. The fraction of sp³-hybridized carbons (Fsp3) is 0.364. The van der Waals surface area contributed by atoms with Crippen LogP contribution < -0.4 is 0 Å². The van der Waals surface area contributed by atoms with Crippen LogP contribution in [0.1, 0.15) is 24.5 Å². The predicted molar refractivity (Wildman–Crippen MR) is 57.9 cm³/mol. The molecule has 0 fully saturated rings. The lowest BCUT2D eigenvalue weighted by atomic mass is 10.1. The molecular weight excluding hydrogens is 228 g/mol. The maximum absolute atomic E-state index is 10.8. The summed E-state index contributed by atoms with van der Waals surface area (Å²) in [7, 11) is 0. The van der Waals surface area contributed by atoms with E-state index < -0.39 is 0 Å². The molecule has 0 atom stereocenters. The number of aryl methyl sites for hydroxylation is 2. The zero-order chi connectivity index (χ0) is 9.84. The van der Waals surface area contributed by atoms with Crippen molar-refractivity contribution >= 4 is 21.7 Å². The summed E-state index contributed by atoms with van der Waals surface area (Å²) in [6.07, 6.45) is 1.46. The molecule has 0 heterocycles. The van der Waals surface area contributed by atoms with E-state index in [1.807, 2.05) is 6.07 Å². The van der Waals surface area contributed by atoms with Crippen molar-refractivity contribution in [3.8, 4) is 0 Å². The fourth-order valence-corrected chi connectivity index (χ4v) is 1.65. The van der Waals surface area contributed by atoms with Gasteiger partial charge in [0, 0.05) is 10.9 Å². The molecule has 0 N–H and O–H groups in total. The second-order valence-electron chi connectivity index (χ2n) is 3.30. The average Bonchev–Trinajstić information content (AvgIpc) is 2.06. The number of hydrogen-bond acceptors (Lipinski definition) is 1. The summed E-state index contributed by atoms with van der Waals surface area (Å²) in [6.45, 7) is 3.69. The molecule has 1 aromatic rings. The molecule has 0 radical (unpaired) electrons. The van der Waals surface area contributed by atoms with E-state index in [0.29, 0.717) is 6.42 Å². The summed E-state index contributed by atoms with van der Waals surface area (Å²) in [6, 6.07) is 6.21. The van der Waals surface area contributed by atoms with Gasteiger partial charge in [-0.05, 0) is 31.9 Å². The van der Waals surface area contributed by atoms with Crippen LogP contribution in [0, 0.1) is 6.92 Å². The molecule has 0 amide bonds. The lowest BCUT2D eigenvalue weighted by molar-refractivity contribution is -0.116. The Labute approximate surface area is 87.3 Å². The molecule has 0 aromatic heterocycles. The second-order valence-corrected chi connectivity index (χ2v) is 4.15. The molecule has 13 heavy (non-hydrogen) atoms. The van der Waals surface area contributed by atoms with Gasteiger partial charge in [-0.3, -0.25) is 0 Å². The molecule has 1 aromatic carbocycles. The zero-order valence-corrected chi connectivity index (χ0v) is 9.52. The van der Waals surface area contributed by atoms with E-state index in [4.69, 9.17) is 0 Å². The Morgan fingerprint density at radius 3 is 2.77 bits per heavy atom. The van der Waals surface area contributed by atoms with Gasteiger partial charge in [-0.2, -0.15) is 0 Å². The summed E-state index contributed by atoms with van der Waals surface area (Å²) in [4.78, 5) is 10.8. The van der Waals surface area contributed by atoms with Crippen LogP contribution >= 0.6 is 15.9 Å². The van der Waals surface area contributed by atoms with Gasteiger partial charge in [0.2, 0.25) is 0 Å². The SMILES string of the molecule is CC(=O)CCc1cc(C)ccc1Br. The topological polar surface area (TPSA) is 17.1 Å². The number of hydrogen-bond donors (Lipinski definition) is 0. The van der Waals surface area contributed by atoms with E-state index in [2.05, 4.69) is 35.0 Å². The van der Waals surface area contributed by atoms with Crippen LogP contribution in [-0.2, 0) is 11.2 Å². The number of carbonyl (C=O) groups excluding carboxylic acids is 1. The van der Waals surface area contributed by atoms with Crippen LogP contribution in [0.2, 0.25) is 0 Å². The van der Waals surface area contributed by atoms with Crippen molar-refractivity contribution in [1.82, 2.24) is 0 Å². The number of carbonyl (C=O) groups is 1. The minimum Gasteiger partial charge on any atom is -0.300 e. The standard InChI is InChI=1S/C11H13BrO/c1-8-3-6-11(12)10(7-8)5-4-9(2)13/h3,6-7H,4-5H2,1-2H3. The summed E-state index contributed by atoms with van der Waals surface area (Å²) < 4.78 is 1.10. The van der Waals surface area contributed by atoms with Gasteiger partial charge in [0.05, 0.1) is 0 Å². The van der Waals surface area contributed by atoms with Crippen LogP contribution in [0.5, 0.6) is 0 Å². The lowest BCUT2D eigenvalue weighted by Crippen LogP contribution is -1.95. The molecular formula is C11H13BrO. The first-order valence-corrected chi connectivity index (χ1v) is 5.13. The number of rotatable bonds is 3. The van der Waals surface area contributed by atoms with Gasteiger partial charge >= 0.3 is 0 Å². The van der Waals surface area contributed by atoms with Gasteiger partial charge in [0.25, 0.3) is 0 Å². The largest absolute Gasteiger partial charge is 0.300 e. The summed E-state index contributed by atoms with van der Waals surface area (Å²) >= 11 is 3.47. The van der Waals surface area contributed by atoms with Crippen LogP contribution in [0.4, 0.5) is 0 Å². The van der Waals surface area contributed by atoms with Gasteiger partial charge in [0.1, 0.15) is 5.78 Å². The first kappa shape index (κ1) is 10.5. The minimum atomic E-state index is 0.244. The zero-order valence-electron chi connectivity index (χ0n) is 7.93. The van der Waals surface area contributed by atoms with Crippen molar-refractivity contribution in [1.29, 1.82) is 0 Å². The second kappa shape index (κ2) is 4.56. The molecule has 1 nitrogen and oxygen atoms in total. The molecule has 0 aliphatic carbocycles. The summed E-state index contributed by atoms with van der Waals surface area (Å²) in [5.41, 5.74) is 2.46. The monoisotopic (exact) mass is 240 g/mol. The number of ketones is 1. The van der Waals surface area contributed by atoms with Gasteiger partial charge in [-0.15, -0.1) is 0 Å². The molecule has 0 aliphatic heterocycles. The van der Waals surface area contributed by atoms with Crippen molar-refractivity contribution in [3.05, 3.63) is 33.8 Å². The molecule has 1 rings (SSSR count). The summed E-state index contributed by atoms with van der Waals surface area (Å²) in [5, 5.41) is 0. The molecule has 0 unspecified atom stereocenters. The van der Waals surface area contributed by atoms with Crippen LogP contribution in [0.3, 0.4) is 0 Å². The predicted octanol–water partition coefficient (Wildman–Crippen LogP) is 3.28. The average molecular weight is 241 g/mol. The molecule has 0 saturated heterocycles. The highest BCUT2D eigenvalue weighted by Crippen LogP contribution is 2.19. The first-order chi connectivity index (χ1) is 6.09. The third-order valence-electron chi connectivity index (χ3n) is 1.95. The smallest absolute Gasteiger partial charge is 0.130 e.